The number of halogens is 2. The molecule has 19 heavy (non-hydrogen) atoms. The first-order valence-corrected chi connectivity index (χ1v) is 7.90. The molecular weight excluding hydrogens is 326 g/mol. The van der Waals surface area contributed by atoms with Gasteiger partial charge in [0.2, 0.25) is 0 Å². The summed E-state index contributed by atoms with van der Waals surface area (Å²) in [6.07, 6.45) is 5.43. The number of allylic oxidation sites excluding steroid dienone is 1. The van der Waals surface area contributed by atoms with Crippen molar-refractivity contribution in [3.05, 3.63) is 45.1 Å². The molecule has 2 rings (SSSR count). The van der Waals surface area contributed by atoms with E-state index in [0.29, 0.717) is 0 Å². The average Bonchev–Trinajstić information content (AvgIpc) is 2.42. The van der Waals surface area contributed by atoms with E-state index in [2.05, 4.69) is 40.3 Å². The molecule has 1 aromatic carbocycles. The van der Waals surface area contributed by atoms with Crippen LogP contribution >= 0.6 is 27.5 Å². The quantitative estimate of drug-likeness (QED) is 0.825. The lowest BCUT2D eigenvalue weighted by Crippen LogP contribution is -2.26. The van der Waals surface area contributed by atoms with Crippen molar-refractivity contribution >= 4 is 27.5 Å². The van der Waals surface area contributed by atoms with Crippen molar-refractivity contribution in [2.45, 2.75) is 32.2 Å². The Bertz CT molecular complexity index is 461. The summed E-state index contributed by atoms with van der Waals surface area (Å²) in [6, 6.07) is 6.06. The van der Waals surface area contributed by atoms with Gasteiger partial charge in [-0.25, -0.2) is 0 Å². The highest BCUT2D eigenvalue weighted by Crippen LogP contribution is 2.32. The van der Waals surface area contributed by atoms with Crippen molar-refractivity contribution in [3.8, 4) is 0 Å². The highest BCUT2D eigenvalue weighted by molar-refractivity contribution is 9.10. The van der Waals surface area contributed by atoms with Crippen LogP contribution in [0.1, 0.15) is 37.8 Å². The number of nitrogens with one attached hydrogen (secondary N) is 1. The van der Waals surface area contributed by atoms with Gasteiger partial charge in [0, 0.05) is 9.50 Å². The number of hydrogen-bond acceptors (Lipinski definition) is 2. The van der Waals surface area contributed by atoms with Crippen LogP contribution in [-0.2, 0) is 4.74 Å². The average molecular weight is 345 g/mol. The minimum Gasteiger partial charge on any atom is -0.496 e. The molecule has 1 N–H and O–H groups in total. The standard InChI is InChI=1S/C15H19BrClNO/c1-2-8-18-15(14-5-3-4-9-19-14)12-7-6-11(16)10-13(12)17/h5-7,10,15,18H,2-4,8-9H2,1H3. The molecule has 1 atom stereocenters. The largest absolute Gasteiger partial charge is 0.496 e. The first-order valence-electron chi connectivity index (χ1n) is 6.73. The fourth-order valence-corrected chi connectivity index (χ4v) is 2.95. The van der Waals surface area contributed by atoms with Gasteiger partial charge in [-0.05, 0) is 49.6 Å². The fraction of sp³-hybridized carbons (Fsp3) is 0.467. The summed E-state index contributed by atoms with van der Waals surface area (Å²) < 4.78 is 6.80. The molecule has 2 nitrogen and oxygen atoms in total. The lowest BCUT2D eigenvalue weighted by atomic mass is 10.0. The molecule has 0 amide bonds. The van der Waals surface area contributed by atoms with Crippen molar-refractivity contribution < 1.29 is 4.74 Å². The zero-order chi connectivity index (χ0) is 13.7. The van der Waals surface area contributed by atoms with E-state index in [9.17, 15) is 0 Å². The predicted octanol–water partition coefficient (Wildman–Crippen LogP) is 4.84. The lowest BCUT2D eigenvalue weighted by Gasteiger charge is -2.26. The summed E-state index contributed by atoms with van der Waals surface area (Å²) in [7, 11) is 0. The van der Waals surface area contributed by atoms with E-state index in [4.69, 9.17) is 16.3 Å². The number of rotatable bonds is 5. The van der Waals surface area contributed by atoms with Gasteiger partial charge in [-0.1, -0.05) is 40.5 Å². The molecule has 4 heteroatoms. The minimum absolute atomic E-state index is 0.0563. The molecule has 0 spiro atoms. The molecule has 0 saturated heterocycles. The number of benzene rings is 1. The zero-order valence-corrected chi connectivity index (χ0v) is 13.4. The Morgan fingerprint density at radius 2 is 2.32 bits per heavy atom. The van der Waals surface area contributed by atoms with Crippen molar-refractivity contribution in [1.29, 1.82) is 0 Å². The summed E-state index contributed by atoms with van der Waals surface area (Å²) >= 11 is 9.81. The second-order valence-corrected chi connectivity index (χ2v) is 5.97. The molecule has 0 aliphatic carbocycles. The highest BCUT2D eigenvalue weighted by atomic mass is 79.9. The van der Waals surface area contributed by atoms with Crippen LogP contribution < -0.4 is 5.32 Å². The van der Waals surface area contributed by atoms with Gasteiger partial charge in [0.1, 0.15) is 5.76 Å². The molecule has 0 aromatic heterocycles. The first kappa shape index (κ1) is 14.9. The van der Waals surface area contributed by atoms with Crippen molar-refractivity contribution in [2.75, 3.05) is 13.2 Å². The van der Waals surface area contributed by atoms with Crippen LogP contribution in [0.2, 0.25) is 5.02 Å². The van der Waals surface area contributed by atoms with Gasteiger partial charge < -0.3 is 10.1 Å². The van der Waals surface area contributed by atoms with Crippen molar-refractivity contribution in [2.24, 2.45) is 0 Å². The maximum atomic E-state index is 6.37. The maximum absolute atomic E-state index is 6.37. The second kappa shape index (κ2) is 7.32. The Labute approximate surface area is 128 Å². The molecule has 0 saturated carbocycles. The Kier molecular flexibility index (Phi) is 5.74. The molecule has 0 fully saturated rings. The van der Waals surface area contributed by atoms with Crippen molar-refractivity contribution in [1.82, 2.24) is 5.32 Å². The third kappa shape index (κ3) is 3.98. The molecule has 0 bridgehead atoms. The first-order chi connectivity index (χ1) is 9.22. The summed E-state index contributed by atoms with van der Waals surface area (Å²) in [4.78, 5) is 0. The van der Waals surface area contributed by atoms with Gasteiger partial charge in [0.15, 0.2) is 0 Å². The second-order valence-electron chi connectivity index (χ2n) is 4.65. The van der Waals surface area contributed by atoms with Crippen molar-refractivity contribution in [3.63, 3.8) is 0 Å². The van der Waals surface area contributed by atoms with E-state index in [-0.39, 0.29) is 6.04 Å². The third-order valence-corrected chi connectivity index (χ3v) is 3.94. The van der Waals surface area contributed by atoms with Crippen LogP contribution in [0.3, 0.4) is 0 Å². The minimum atomic E-state index is 0.0563. The van der Waals surface area contributed by atoms with Gasteiger partial charge in [0.05, 0.1) is 12.6 Å². The summed E-state index contributed by atoms with van der Waals surface area (Å²) in [5.41, 5.74) is 1.08. The SMILES string of the molecule is CCCNC(C1=CCCCO1)c1ccc(Br)cc1Cl. The van der Waals surface area contributed by atoms with E-state index < -0.39 is 0 Å². The number of hydrogen-bond donors (Lipinski definition) is 1. The van der Waals surface area contributed by atoms with E-state index in [1.54, 1.807) is 0 Å². The van der Waals surface area contributed by atoms with Gasteiger partial charge in [-0.2, -0.15) is 0 Å². The van der Waals surface area contributed by atoms with Crippen LogP contribution in [0.5, 0.6) is 0 Å². The molecule has 1 unspecified atom stereocenters. The Morgan fingerprint density at radius 3 is 2.95 bits per heavy atom. The van der Waals surface area contributed by atoms with E-state index in [1.165, 1.54) is 0 Å². The molecule has 104 valence electrons. The fourth-order valence-electron chi connectivity index (χ4n) is 2.17. The molecule has 1 heterocycles. The van der Waals surface area contributed by atoms with Crippen LogP contribution in [0.25, 0.3) is 0 Å². The molecule has 0 radical (unpaired) electrons. The van der Waals surface area contributed by atoms with Crippen LogP contribution in [0, 0.1) is 0 Å². The Morgan fingerprint density at radius 1 is 1.47 bits per heavy atom. The lowest BCUT2D eigenvalue weighted by molar-refractivity contribution is 0.167. The zero-order valence-electron chi connectivity index (χ0n) is 11.1. The summed E-state index contributed by atoms with van der Waals surface area (Å²) in [5, 5.41) is 4.28. The summed E-state index contributed by atoms with van der Waals surface area (Å²) in [5.74, 6) is 1.00. The van der Waals surface area contributed by atoms with E-state index >= 15 is 0 Å². The normalized spacial score (nSPS) is 16.7. The molecule has 1 aromatic rings. The molecule has 1 aliphatic heterocycles. The van der Waals surface area contributed by atoms with E-state index in [1.807, 2.05) is 12.1 Å². The third-order valence-electron chi connectivity index (χ3n) is 3.12. The smallest absolute Gasteiger partial charge is 0.113 e. The number of ether oxygens (including phenoxy) is 1. The van der Waals surface area contributed by atoms with Gasteiger partial charge >= 0.3 is 0 Å². The van der Waals surface area contributed by atoms with E-state index in [0.717, 1.165) is 53.2 Å². The Hall–Kier alpha value is -0.510. The van der Waals surface area contributed by atoms with Crippen LogP contribution in [0.15, 0.2) is 34.5 Å². The van der Waals surface area contributed by atoms with Crippen LogP contribution in [-0.4, -0.2) is 13.2 Å². The van der Waals surface area contributed by atoms with Gasteiger partial charge in [-0.3, -0.25) is 0 Å². The monoisotopic (exact) mass is 343 g/mol. The highest BCUT2D eigenvalue weighted by Gasteiger charge is 2.21. The van der Waals surface area contributed by atoms with Gasteiger partial charge in [0.25, 0.3) is 0 Å². The topological polar surface area (TPSA) is 21.3 Å². The van der Waals surface area contributed by atoms with Gasteiger partial charge in [-0.15, -0.1) is 0 Å². The molecular formula is C15H19BrClNO. The molecule has 1 aliphatic rings. The maximum Gasteiger partial charge on any atom is 0.113 e. The predicted molar refractivity (Wildman–Crippen MR) is 83.5 cm³/mol. The van der Waals surface area contributed by atoms with Crippen LogP contribution in [0.4, 0.5) is 0 Å². The Balaban J connectivity index is 2.27. The summed E-state index contributed by atoms with van der Waals surface area (Å²) in [6.45, 7) is 3.89.